The van der Waals surface area contributed by atoms with Crippen LogP contribution in [0.25, 0.3) is 6.08 Å². The predicted octanol–water partition coefficient (Wildman–Crippen LogP) is 5.52. The van der Waals surface area contributed by atoms with Gasteiger partial charge in [0, 0.05) is 17.2 Å². The summed E-state index contributed by atoms with van der Waals surface area (Å²) < 4.78 is 11.5. The Hall–Kier alpha value is -2.28. The van der Waals surface area contributed by atoms with E-state index in [0.717, 1.165) is 30.7 Å². The van der Waals surface area contributed by atoms with E-state index >= 15 is 0 Å². The fourth-order valence-corrected chi connectivity index (χ4v) is 4.60. The zero-order valence-corrected chi connectivity index (χ0v) is 18.3. The van der Waals surface area contributed by atoms with Crippen molar-refractivity contribution in [2.24, 2.45) is 4.99 Å². The van der Waals surface area contributed by atoms with Gasteiger partial charge in [0.15, 0.2) is 5.17 Å². The third kappa shape index (κ3) is 4.89. The second kappa shape index (κ2) is 9.69. The number of aliphatic imine (C=N–C) groups is 1. The maximum Gasteiger partial charge on any atom is 0.266 e. The lowest BCUT2D eigenvalue weighted by atomic mass is 10.1. The molecule has 2 heterocycles. The van der Waals surface area contributed by atoms with Gasteiger partial charge in [0.05, 0.1) is 29.8 Å². The van der Waals surface area contributed by atoms with Crippen LogP contribution in [0.3, 0.4) is 0 Å². The molecule has 0 unspecified atom stereocenters. The van der Waals surface area contributed by atoms with Crippen LogP contribution < -0.4 is 4.74 Å². The smallest absolute Gasteiger partial charge is 0.266 e. The summed E-state index contributed by atoms with van der Waals surface area (Å²) in [5.74, 6) is 0.620. The zero-order chi connectivity index (χ0) is 20.9. The average Bonchev–Trinajstić information content (AvgIpc) is 3.35. The first kappa shape index (κ1) is 21.0. The molecule has 0 aromatic heterocycles. The van der Waals surface area contributed by atoms with E-state index in [1.165, 1.54) is 11.8 Å². The summed E-state index contributed by atoms with van der Waals surface area (Å²) in [5, 5.41) is 1.25. The molecule has 0 bridgehead atoms. The molecule has 2 saturated heterocycles. The standard InChI is InChI=1S/C23H23ClN2O3S/c1-2-28-20-11-10-17(24)13-16(20)14-21-22(27)26(15-19-9-6-12-29-19)23(30-21)25-18-7-4-3-5-8-18/h3-5,7-8,10-11,13-14,19H,2,6,9,12,15H2,1H3/b21-14+,25-23?/t19-/m0/s1. The molecular formula is C23H23ClN2O3S. The number of carbonyl (C=O) groups excluding carboxylic acids is 1. The molecule has 4 rings (SSSR count). The number of benzene rings is 2. The third-order valence-electron chi connectivity index (χ3n) is 4.84. The summed E-state index contributed by atoms with van der Waals surface area (Å²) in [6.07, 6.45) is 3.85. The van der Waals surface area contributed by atoms with Crippen molar-refractivity contribution >= 4 is 46.2 Å². The number of nitrogens with zero attached hydrogens (tertiary/aromatic N) is 2. The van der Waals surface area contributed by atoms with Crippen molar-refractivity contribution in [2.45, 2.75) is 25.9 Å². The van der Waals surface area contributed by atoms with E-state index in [2.05, 4.69) is 0 Å². The van der Waals surface area contributed by atoms with Crippen molar-refractivity contribution in [3.8, 4) is 5.75 Å². The number of halogens is 1. The SMILES string of the molecule is CCOc1ccc(Cl)cc1/C=C1/SC(=Nc2ccccc2)N(C[C@@H]2CCCO2)C1=O. The molecule has 7 heteroatoms. The molecule has 2 aliphatic rings. The van der Waals surface area contributed by atoms with Crippen LogP contribution in [0.15, 0.2) is 58.4 Å². The average molecular weight is 443 g/mol. The predicted molar refractivity (Wildman–Crippen MR) is 122 cm³/mol. The molecule has 0 aliphatic carbocycles. The highest BCUT2D eigenvalue weighted by atomic mass is 35.5. The topological polar surface area (TPSA) is 51.1 Å². The molecule has 30 heavy (non-hydrogen) atoms. The quantitative estimate of drug-likeness (QED) is 0.552. The van der Waals surface area contributed by atoms with Crippen molar-refractivity contribution in [2.75, 3.05) is 19.8 Å². The first-order valence-electron chi connectivity index (χ1n) is 10.0. The number of amides is 1. The van der Waals surface area contributed by atoms with Gasteiger partial charge in [-0.25, -0.2) is 4.99 Å². The number of para-hydroxylation sites is 1. The highest BCUT2D eigenvalue weighted by molar-refractivity contribution is 8.18. The highest BCUT2D eigenvalue weighted by Crippen LogP contribution is 2.37. The summed E-state index contributed by atoms with van der Waals surface area (Å²) in [6, 6.07) is 15.1. The molecular weight excluding hydrogens is 420 g/mol. The summed E-state index contributed by atoms with van der Waals surface area (Å²) in [4.78, 5) is 20.3. The molecule has 1 amide bonds. The van der Waals surface area contributed by atoms with Crippen molar-refractivity contribution in [3.05, 3.63) is 64.0 Å². The number of carbonyl (C=O) groups is 1. The van der Waals surface area contributed by atoms with Gasteiger partial charge >= 0.3 is 0 Å². The lowest BCUT2D eigenvalue weighted by Gasteiger charge is -2.19. The van der Waals surface area contributed by atoms with Crippen LogP contribution >= 0.6 is 23.4 Å². The monoisotopic (exact) mass is 442 g/mol. The molecule has 2 aromatic carbocycles. The van der Waals surface area contributed by atoms with Crippen molar-refractivity contribution < 1.29 is 14.3 Å². The van der Waals surface area contributed by atoms with Gasteiger partial charge in [0.2, 0.25) is 0 Å². The highest BCUT2D eigenvalue weighted by Gasteiger charge is 2.36. The fraction of sp³-hybridized carbons (Fsp3) is 0.304. The van der Waals surface area contributed by atoms with Crippen molar-refractivity contribution in [3.63, 3.8) is 0 Å². The normalized spacial score (nSPS) is 21.7. The van der Waals surface area contributed by atoms with E-state index in [4.69, 9.17) is 26.1 Å². The van der Waals surface area contributed by atoms with Gasteiger partial charge in [0.1, 0.15) is 5.75 Å². The minimum absolute atomic E-state index is 0.0417. The van der Waals surface area contributed by atoms with Crippen LogP contribution in [0, 0.1) is 0 Å². The Labute approximate surface area is 185 Å². The van der Waals surface area contributed by atoms with E-state index in [9.17, 15) is 4.79 Å². The number of ether oxygens (including phenoxy) is 2. The van der Waals surface area contributed by atoms with E-state index < -0.39 is 0 Å². The summed E-state index contributed by atoms with van der Waals surface area (Å²) in [7, 11) is 0. The van der Waals surface area contributed by atoms with Gasteiger partial charge in [-0.1, -0.05) is 29.8 Å². The minimum atomic E-state index is -0.0763. The van der Waals surface area contributed by atoms with Gasteiger partial charge in [-0.2, -0.15) is 0 Å². The van der Waals surface area contributed by atoms with Crippen LogP contribution in [-0.4, -0.2) is 41.8 Å². The van der Waals surface area contributed by atoms with Gasteiger partial charge in [0.25, 0.3) is 5.91 Å². The Kier molecular flexibility index (Phi) is 6.77. The summed E-state index contributed by atoms with van der Waals surface area (Å²) >= 11 is 7.56. The second-order valence-corrected chi connectivity index (χ2v) is 8.45. The van der Waals surface area contributed by atoms with Crippen molar-refractivity contribution in [1.82, 2.24) is 4.90 Å². The van der Waals surface area contributed by atoms with Crippen LogP contribution in [0.4, 0.5) is 5.69 Å². The Morgan fingerprint density at radius 2 is 2.13 bits per heavy atom. The zero-order valence-electron chi connectivity index (χ0n) is 16.7. The molecule has 1 atom stereocenters. The number of hydrogen-bond donors (Lipinski definition) is 0. The first-order chi connectivity index (χ1) is 14.6. The number of thioether (sulfide) groups is 1. The first-order valence-corrected chi connectivity index (χ1v) is 11.2. The summed E-state index contributed by atoms with van der Waals surface area (Å²) in [5.41, 5.74) is 1.59. The minimum Gasteiger partial charge on any atom is -0.493 e. The molecule has 5 nitrogen and oxygen atoms in total. The van der Waals surface area contributed by atoms with Crippen LogP contribution in [0.1, 0.15) is 25.3 Å². The molecule has 2 aliphatic heterocycles. The number of rotatable bonds is 6. The molecule has 2 fully saturated rings. The molecule has 2 aromatic rings. The van der Waals surface area contributed by atoms with E-state index in [0.29, 0.717) is 34.0 Å². The fourth-order valence-electron chi connectivity index (χ4n) is 3.42. The lowest BCUT2D eigenvalue weighted by Crippen LogP contribution is -2.36. The van der Waals surface area contributed by atoms with Gasteiger partial charge in [-0.3, -0.25) is 9.69 Å². The molecule has 0 N–H and O–H groups in total. The van der Waals surface area contributed by atoms with E-state index in [1.54, 1.807) is 11.0 Å². The Morgan fingerprint density at radius 1 is 1.30 bits per heavy atom. The third-order valence-corrected chi connectivity index (χ3v) is 6.08. The van der Waals surface area contributed by atoms with E-state index in [-0.39, 0.29) is 12.0 Å². The molecule has 0 radical (unpaired) electrons. The maximum absolute atomic E-state index is 13.3. The maximum atomic E-state index is 13.3. The Balaban J connectivity index is 1.68. The number of hydrogen-bond acceptors (Lipinski definition) is 5. The van der Waals surface area contributed by atoms with Gasteiger partial charge in [-0.05, 0) is 67.9 Å². The van der Waals surface area contributed by atoms with Gasteiger partial charge in [-0.15, -0.1) is 0 Å². The lowest BCUT2D eigenvalue weighted by molar-refractivity contribution is -0.123. The molecule has 0 spiro atoms. The van der Waals surface area contributed by atoms with Crippen LogP contribution in [-0.2, 0) is 9.53 Å². The van der Waals surface area contributed by atoms with Crippen molar-refractivity contribution in [1.29, 1.82) is 0 Å². The van der Waals surface area contributed by atoms with Gasteiger partial charge < -0.3 is 9.47 Å². The Morgan fingerprint density at radius 3 is 2.87 bits per heavy atom. The second-order valence-electron chi connectivity index (χ2n) is 7.01. The van der Waals surface area contributed by atoms with Crippen LogP contribution in [0.2, 0.25) is 5.02 Å². The summed E-state index contributed by atoms with van der Waals surface area (Å²) in [6.45, 7) is 3.70. The largest absolute Gasteiger partial charge is 0.493 e. The Bertz CT molecular complexity index is 972. The molecule has 156 valence electrons. The van der Waals surface area contributed by atoms with E-state index in [1.807, 2.05) is 55.5 Å². The molecule has 0 saturated carbocycles. The van der Waals surface area contributed by atoms with Crippen LogP contribution in [0.5, 0.6) is 5.75 Å². The number of amidine groups is 1.